The van der Waals surface area contributed by atoms with Crippen molar-refractivity contribution in [2.75, 3.05) is 31.2 Å². The summed E-state index contributed by atoms with van der Waals surface area (Å²) in [5, 5.41) is 6.60. The Bertz CT molecular complexity index is 1080. The topological polar surface area (TPSA) is 107 Å². The van der Waals surface area contributed by atoms with Gasteiger partial charge in [-0.05, 0) is 49.4 Å². The van der Waals surface area contributed by atoms with Crippen molar-refractivity contribution in [2.45, 2.75) is 37.9 Å². The largest absolute Gasteiger partial charge is 0.432 e. The van der Waals surface area contributed by atoms with Gasteiger partial charge in [0.25, 0.3) is 0 Å². The van der Waals surface area contributed by atoms with Gasteiger partial charge in [0.05, 0.1) is 34.3 Å². The Morgan fingerprint density at radius 3 is 2.76 bits per heavy atom. The van der Waals surface area contributed by atoms with Crippen molar-refractivity contribution in [3.05, 3.63) is 23.1 Å². The average Bonchev–Trinajstić information content (AvgIpc) is 3.05. The number of pyridine rings is 1. The summed E-state index contributed by atoms with van der Waals surface area (Å²) < 4.78 is 22.8. The first-order valence-corrected chi connectivity index (χ1v) is 11.1. The summed E-state index contributed by atoms with van der Waals surface area (Å²) in [6.45, 7) is 8.55. The molecule has 0 aromatic carbocycles. The van der Waals surface area contributed by atoms with Gasteiger partial charge < -0.3 is 14.1 Å². The van der Waals surface area contributed by atoms with Gasteiger partial charge >= 0.3 is 0 Å². The summed E-state index contributed by atoms with van der Waals surface area (Å²) in [6, 6.07) is 2.01. The predicted octanol–water partition coefficient (Wildman–Crippen LogP) is 3.16. The number of hydrogen-bond donors (Lipinski definition) is 1. The van der Waals surface area contributed by atoms with E-state index in [9.17, 15) is 4.21 Å². The monoisotopic (exact) mass is 437 g/mol. The van der Waals surface area contributed by atoms with E-state index in [0.717, 1.165) is 10.9 Å². The number of ether oxygens (including phenoxy) is 1. The molecule has 1 unspecified atom stereocenters. The molecule has 1 fully saturated rings. The summed E-state index contributed by atoms with van der Waals surface area (Å²) in [7, 11) is -1.41. The van der Waals surface area contributed by atoms with Gasteiger partial charge in [0.2, 0.25) is 11.0 Å². The minimum atomic E-state index is -1.41. The molecule has 29 heavy (non-hydrogen) atoms. The molecule has 0 aliphatic carbocycles. The number of aromatic nitrogens is 3. The van der Waals surface area contributed by atoms with Crippen LogP contribution in [0.15, 0.2) is 16.7 Å². The molecule has 2 atom stereocenters. The Kier molecular flexibility index (Phi) is 5.50. The number of halogens is 1. The fraction of sp³-hybridized carbons (Fsp3) is 0.526. The van der Waals surface area contributed by atoms with E-state index in [1.54, 1.807) is 6.20 Å². The summed E-state index contributed by atoms with van der Waals surface area (Å²) in [5.41, 5.74) is 2.71. The Balaban J connectivity index is 1.77. The molecule has 1 saturated heterocycles. The Morgan fingerprint density at radius 2 is 2.07 bits per heavy atom. The summed E-state index contributed by atoms with van der Waals surface area (Å²) in [4.78, 5) is 15.4. The maximum Gasteiger partial charge on any atom is 0.229 e. The molecule has 4 rings (SSSR count). The summed E-state index contributed by atoms with van der Waals surface area (Å²) >= 11 is 6.23. The van der Waals surface area contributed by atoms with Crippen molar-refractivity contribution in [1.29, 1.82) is 0 Å². The normalized spacial score (nSPS) is 17.8. The highest BCUT2D eigenvalue weighted by Crippen LogP contribution is 2.36. The number of furan rings is 1. The van der Waals surface area contributed by atoms with Crippen LogP contribution in [0.25, 0.3) is 22.2 Å². The molecular formula is C19H24ClN5O3S. The van der Waals surface area contributed by atoms with E-state index in [-0.39, 0.29) is 11.2 Å². The fourth-order valence-corrected chi connectivity index (χ4v) is 4.28. The third-order valence-corrected chi connectivity index (χ3v) is 6.79. The van der Waals surface area contributed by atoms with Gasteiger partial charge in [0, 0.05) is 19.3 Å². The van der Waals surface area contributed by atoms with Crippen LogP contribution in [0.3, 0.4) is 0 Å². The fourth-order valence-electron chi connectivity index (χ4n) is 3.70. The van der Waals surface area contributed by atoms with E-state index in [4.69, 9.17) is 25.9 Å². The van der Waals surface area contributed by atoms with Gasteiger partial charge in [0.1, 0.15) is 5.52 Å². The van der Waals surface area contributed by atoms with Gasteiger partial charge in [-0.1, -0.05) is 6.92 Å². The molecule has 1 aliphatic rings. The van der Waals surface area contributed by atoms with Crippen LogP contribution in [-0.4, -0.2) is 50.2 Å². The first-order valence-electron chi connectivity index (χ1n) is 9.51. The Morgan fingerprint density at radius 1 is 1.34 bits per heavy atom. The van der Waals surface area contributed by atoms with Crippen molar-refractivity contribution < 1.29 is 13.4 Å². The van der Waals surface area contributed by atoms with E-state index in [1.807, 2.05) is 19.9 Å². The maximum absolute atomic E-state index is 11.8. The Labute approximate surface area is 176 Å². The van der Waals surface area contributed by atoms with Crippen molar-refractivity contribution in [2.24, 2.45) is 5.14 Å². The minimum absolute atomic E-state index is 0.107. The highest BCUT2D eigenvalue weighted by molar-refractivity contribution is 7.84. The number of hydrogen-bond acceptors (Lipinski definition) is 7. The van der Waals surface area contributed by atoms with Crippen LogP contribution >= 0.6 is 11.6 Å². The third kappa shape index (κ3) is 3.96. The van der Waals surface area contributed by atoms with Crippen LogP contribution in [0.4, 0.5) is 5.82 Å². The quantitative estimate of drug-likeness (QED) is 0.610. The molecule has 10 heteroatoms. The summed E-state index contributed by atoms with van der Waals surface area (Å²) in [6.07, 6.45) is 2.45. The van der Waals surface area contributed by atoms with Gasteiger partial charge in [-0.3, -0.25) is 5.14 Å². The molecular weight excluding hydrogens is 414 g/mol. The second-order valence-corrected chi connectivity index (χ2v) is 10.0. The zero-order valence-electron chi connectivity index (χ0n) is 16.6. The SMILES string of the molecule is C[C@H](CC(C)(C)S(N)=O)c1cnc2oc3c(N4CCOCC4)nc(Cl)nc3c2c1. The molecule has 0 radical (unpaired) electrons. The molecule has 4 heterocycles. The van der Waals surface area contributed by atoms with Crippen LogP contribution in [-0.2, 0) is 15.7 Å². The van der Waals surface area contributed by atoms with Gasteiger partial charge in [-0.25, -0.2) is 14.2 Å². The zero-order chi connectivity index (χ0) is 20.8. The van der Waals surface area contributed by atoms with Crippen molar-refractivity contribution in [3.8, 4) is 0 Å². The number of anilines is 1. The first-order chi connectivity index (χ1) is 13.8. The standard InChI is InChI=1S/C19H24ClN5O3S/c1-11(9-19(2,3)29(21)26)12-8-13-14-15(28-17(13)22-10-12)16(24-18(20)23-14)25-4-6-27-7-5-25/h8,10-11H,4-7,9,21H2,1-3H3/t11-,29?/m1/s1. The van der Waals surface area contributed by atoms with Gasteiger partial charge in [0.15, 0.2) is 11.4 Å². The van der Waals surface area contributed by atoms with Crippen LogP contribution in [0.5, 0.6) is 0 Å². The van der Waals surface area contributed by atoms with Crippen LogP contribution < -0.4 is 10.0 Å². The van der Waals surface area contributed by atoms with Gasteiger partial charge in [-0.15, -0.1) is 0 Å². The lowest BCUT2D eigenvalue weighted by molar-refractivity contribution is 0.122. The summed E-state index contributed by atoms with van der Waals surface area (Å²) in [5.74, 6) is 0.769. The van der Waals surface area contributed by atoms with Crippen molar-refractivity contribution in [1.82, 2.24) is 15.0 Å². The number of nitrogens with two attached hydrogens (primary N) is 1. The molecule has 0 spiro atoms. The highest BCUT2D eigenvalue weighted by atomic mass is 35.5. The van der Waals surface area contributed by atoms with Crippen LogP contribution in [0.2, 0.25) is 5.28 Å². The minimum Gasteiger partial charge on any atom is -0.432 e. The lowest BCUT2D eigenvalue weighted by Crippen LogP contribution is -2.36. The molecule has 3 aromatic heterocycles. The highest BCUT2D eigenvalue weighted by Gasteiger charge is 2.28. The molecule has 3 aromatic rings. The number of morpholine rings is 1. The number of fused-ring (bicyclic) bond motifs is 3. The molecule has 0 bridgehead atoms. The molecule has 2 N–H and O–H groups in total. The third-order valence-electron chi connectivity index (χ3n) is 5.37. The predicted molar refractivity (Wildman–Crippen MR) is 115 cm³/mol. The first kappa shape index (κ1) is 20.5. The molecule has 1 aliphatic heterocycles. The number of nitrogens with zero attached hydrogens (tertiary/aromatic N) is 4. The number of rotatable bonds is 5. The Hall–Kier alpha value is -1.81. The van der Waals surface area contributed by atoms with E-state index < -0.39 is 15.7 Å². The zero-order valence-corrected chi connectivity index (χ0v) is 18.2. The molecule has 0 amide bonds. The van der Waals surface area contributed by atoms with E-state index in [2.05, 4.69) is 26.8 Å². The van der Waals surface area contributed by atoms with E-state index >= 15 is 0 Å². The van der Waals surface area contributed by atoms with Gasteiger partial charge in [-0.2, -0.15) is 4.98 Å². The maximum atomic E-state index is 11.8. The van der Waals surface area contributed by atoms with Crippen LogP contribution in [0.1, 0.15) is 38.7 Å². The lowest BCUT2D eigenvalue weighted by Gasteiger charge is -2.27. The van der Waals surface area contributed by atoms with E-state index in [1.165, 1.54) is 0 Å². The second-order valence-electron chi connectivity index (χ2n) is 7.98. The molecule has 0 saturated carbocycles. The van der Waals surface area contributed by atoms with Crippen LogP contribution in [0, 0.1) is 0 Å². The molecule has 156 valence electrons. The second kappa shape index (κ2) is 7.79. The lowest BCUT2D eigenvalue weighted by atomic mass is 9.92. The molecule has 8 nitrogen and oxygen atoms in total. The smallest absolute Gasteiger partial charge is 0.229 e. The van der Waals surface area contributed by atoms with E-state index in [0.29, 0.717) is 55.4 Å². The van der Waals surface area contributed by atoms with Crippen molar-refractivity contribution in [3.63, 3.8) is 0 Å². The average molecular weight is 438 g/mol. The van der Waals surface area contributed by atoms with Crippen molar-refractivity contribution >= 4 is 50.6 Å².